The molecule has 0 unspecified atom stereocenters. The second-order valence-corrected chi connectivity index (χ2v) is 7.62. The summed E-state index contributed by atoms with van der Waals surface area (Å²) in [7, 11) is 0. The van der Waals surface area contributed by atoms with E-state index in [4.69, 9.17) is 0 Å². The van der Waals surface area contributed by atoms with Crippen molar-refractivity contribution in [2.75, 3.05) is 0 Å². The van der Waals surface area contributed by atoms with Gasteiger partial charge in [-0.1, -0.05) is 121 Å². The van der Waals surface area contributed by atoms with Gasteiger partial charge in [-0.05, 0) is 0 Å². The summed E-state index contributed by atoms with van der Waals surface area (Å²) in [6.45, 7) is 0. The first-order valence-electron chi connectivity index (χ1n) is 11.2. The molecular formula is C30H20N4O4. The molecule has 0 aliphatic heterocycles. The highest BCUT2D eigenvalue weighted by molar-refractivity contribution is 5.50. The van der Waals surface area contributed by atoms with Crippen molar-refractivity contribution in [2.45, 2.75) is 11.3 Å². The van der Waals surface area contributed by atoms with E-state index in [1.165, 1.54) is 24.3 Å². The fourth-order valence-electron chi connectivity index (χ4n) is 3.85. The molecule has 8 nitrogen and oxygen atoms in total. The number of rotatable bonds is 8. The Balaban J connectivity index is 0.000000211. The van der Waals surface area contributed by atoms with Gasteiger partial charge in [0.2, 0.25) is 35.6 Å². The molecule has 0 N–H and O–H groups in total. The molecule has 38 heavy (non-hydrogen) atoms. The average Bonchev–Trinajstić information content (AvgIpc) is 2.99. The highest BCUT2D eigenvalue weighted by Gasteiger charge is 2.35. The summed E-state index contributed by atoms with van der Waals surface area (Å²) in [5.41, 5.74) is -0.403. The van der Waals surface area contributed by atoms with Crippen LogP contribution >= 0.6 is 0 Å². The van der Waals surface area contributed by atoms with E-state index in [0.717, 1.165) is 0 Å². The van der Waals surface area contributed by atoms with Crippen LogP contribution in [0.2, 0.25) is 0 Å². The van der Waals surface area contributed by atoms with Crippen molar-refractivity contribution in [2.24, 2.45) is 20.0 Å². The van der Waals surface area contributed by atoms with Crippen molar-refractivity contribution in [1.29, 1.82) is 0 Å². The molecule has 0 heterocycles. The van der Waals surface area contributed by atoms with E-state index >= 15 is 0 Å². The van der Waals surface area contributed by atoms with Crippen LogP contribution in [0.5, 0.6) is 0 Å². The van der Waals surface area contributed by atoms with Crippen LogP contribution in [0.4, 0.5) is 0 Å². The molecular weight excluding hydrogens is 480 g/mol. The SMILES string of the molecule is O=C=NC(N=C=O)(c1ccccc1)c1ccccc1.O=C=NC(N=C=O)(c1ccccc1)c1ccccc1. The van der Waals surface area contributed by atoms with Crippen molar-refractivity contribution in [3.63, 3.8) is 0 Å². The molecule has 0 amide bonds. The molecule has 0 aromatic heterocycles. The topological polar surface area (TPSA) is 118 Å². The molecule has 4 aromatic carbocycles. The quantitative estimate of drug-likeness (QED) is 0.246. The highest BCUT2D eigenvalue weighted by Crippen LogP contribution is 2.35. The Labute approximate surface area is 218 Å². The molecule has 0 fully saturated rings. The molecule has 4 aromatic rings. The molecule has 0 aliphatic rings. The summed E-state index contributed by atoms with van der Waals surface area (Å²) < 4.78 is 0. The monoisotopic (exact) mass is 500 g/mol. The van der Waals surface area contributed by atoms with E-state index in [2.05, 4.69) is 20.0 Å². The number of carbonyl (C=O) groups excluding carboxylic acids is 4. The van der Waals surface area contributed by atoms with Crippen molar-refractivity contribution in [1.82, 2.24) is 0 Å². The first kappa shape index (κ1) is 27.0. The van der Waals surface area contributed by atoms with Gasteiger partial charge in [0.1, 0.15) is 0 Å². The van der Waals surface area contributed by atoms with Gasteiger partial charge in [0, 0.05) is 22.3 Å². The average molecular weight is 501 g/mol. The van der Waals surface area contributed by atoms with Crippen LogP contribution in [-0.4, -0.2) is 24.3 Å². The number of isocyanates is 4. The fraction of sp³-hybridized carbons (Fsp3) is 0.0667. The second kappa shape index (κ2) is 13.5. The summed E-state index contributed by atoms with van der Waals surface area (Å²) in [6, 6.07) is 35.6. The lowest BCUT2D eigenvalue weighted by Crippen LogP contribution is -2.22. The Bertz CT molecular complexity index is 1280. The third kappa shape index (κ3) is 5.96. The van der Waals surface area contributed by atoms with Crippen LogP contribution in [-0.2, 0) is 30.5 Å². The summed E-state index contributed by atoms with van der Waals surface area (Å²) in [5.74, 6) is 0. The minimum atomic E-state index is -1.41. The van der Waals surface area contributed by atoms with Gasteiger partial charge >= 0.3 is 0 Å². The van der Waals surface area contributed by atoms with Crippen molar-refractivity contribution < 1.29 is 19.2 Å². The number of aliphatic imine (C=N–C) groups is 4. The highest BCUT2D eigenvalue weighted by atomic mass is 16.1. The third-order valence-corrected chi connectivity index (χ3v) is 5.54. The van der Waals surface area contributed by atoms with Gasteiger partial charge in [0.05, 0.1) is 0 Å². The van der Waals surface area contributed by atoms with Crippen LogP contribution in [0, 0.1) is 0 Å². The third-order valence-electron chi connectivity index (χ3n) is 5.54. The summed E-state index contributed by atoms with van der Waals surface area (Å²) >= 11 is 0. The van der Waals surface area contributed by atoms with Crippen LogP contribution in [0.3, 0.4) is 0 Å². The van der Waals surface area contributed by atoms with Crippen LogP contribution in [0.25, 0.3) is 0 Å². The maximum Gasteiger partial charge on any atom is 0.238 e. The zero-order chi connectivity index (χ0) is 27.1. The minimum absolute atomic E-state index is 0.605. The van der Waals surface area contributed by atoms with Crippen molar-refractivity contribution >= 4 is 24.3 Å². The molecule has 0 bridgehead atoms. The summed E-state index contributed by atoms with van der Waals surface area (Å²) in [5, 5.41) is 0. The molecule has 0 spiro atoms. The van der Waals surface area contributed by atoms with Gasteiger partial charge in [-0.15, -0.1) is 0 Å². The molecule has 0 atom stereocenters. The molecule has 0 saturated carbocycles. The van der Waals surface area contributed by atoms with E-state index in [-0.39, 0.29) is 0 Å². The first-order valence-corrected chi connectivity index (χ1v) is 11.2. The standard InChI is InChI=1S/2C15H10N2O2/c2*18-11-16-15(17-12-19,13-7-3-1-4-8-13)14-9-5-2-6-10-14/h2*1-10H. The van der Waals surface area contributed by atoms with Gasteiger partial charge in [-0.25, -0.2) is 19.2 Å². The Morgan fingerprint density at radius 3 is 0.684 bits per heavy atom. The number of nitrogens with zero attached hydrogens (tertiary/aromatic N) is 4. The Kier molecular flexibility index (Phi) is 9.58. The minimum Gasteiger partial charge on any atom is -0.211 e. The van der Waals surface area contributed by atoms with E-state index in [1.807, 2.05) is 24.3 Å². The van der Waals surface area contributed by atoms with E-state index in [0.29, 0.717) is 22.3 Å². The predicted molar refractivity (Wildman–Crippen MR) is 140 cm³/mol. The largest absolute Gasteiger partial charge is 0.238 e. The Morgan fingerprint density at radius 1 is 0.342 bits per heavy atom. The zero-order valence-electron chi connectivity index (χ0n) is 20.0. The molecule has 4 rings (SSSR count). The molecule has 0 aliphatic carbocycles. The molecule has 0 radical (unpaired) electrons. The maximum atomic E-state index is 10.8. The lowest BCUT2D eigenvalue weighted by Gasteiger charge is -2.23. The van der Waals surface area contributed by atoms with Crippen molar-refractivity contribution in [3.8, 4) is 0 Å². The predicted octanol–water partition coefficient (Wildman–Crippen LogP) is 5.12. The van der Waals surface area contributed by atoms with Gasteiger partial charge in [-0.3, -0.25) is 0 Å². The Morgan fingerprint density at radius 2 is 0.526 bits per heavy atom. The second-order valence-electron chi connectivity index (χ2n) is 7.62. The first-order chi connectivity index (χ1) is 18.7. The van der Waals surface area contributed by atoms with E-state index in [1.54, 1.807) is 97.1 Å². The van der Waals surface area contributed by atoms with Gasteiger partial charge in [0.15, 0.2) is 0 Å². The van der Waals surface area contributed by atoms with E-state index < -0.39 is 11.3 Å². The van der Waals surface area contributed by atoms with Crippen molar-refractivity contribution in [3.05, 3.63) is 144 Å². The summed E-state index contributed by atoms with van der Waals surface area (Å²) in [6.07, 6.45) is 5.97. The van der Waals surface area contributed by atoms with E-state index in [9.17, 15) is 19.2 Å². The number of hydrogen-bond donors (Lipinski definition) is 0. The fourth-order valence-corrected chi connectivity index (χ4v) is 3.85. The normalized spacial score (nSPS) is 10.1. The van der Waals surface area contributed by atoms with Crippen LogP contribution in [0.15, 0.2) is 141 Å². The Hall–Kier alpha value is -5.60. The van der Waals surface area contributed by atoms with Crippen LogP contribution < -0.4 is 0 Å². The lowest BCUT2D eigenvalue weighted by molar-refractivity contribution is 0.515. The number of benzene rings is 4. The molecule has 0 saturated heterocycles. The molecule has 184 valence electrons. The van der Waals surface area contributed by atoms with Gasteiger partial charge in [0.25, 0.3) is 0 Å². The number of hydrogen-bond acceptors (Lipinski definition) is 8. The maximum absolute atomic E-state index is 10.8. The summed E-state index contributed by atoms with van der Waals surface area (Å²) in [4.78, 5) is 58.0. The lowest BCUT2D eigenvalue weighted by atomic mass is 9.92. The van der Waals surface area contributed by atoms with Gasteiger partial charge < -0.3 is 0 Å². The van der Waals surface area contributed by atoms with Crippen LogP contribution in [0.1, 0.15) is 22.3 Å². The zero-order valence-corrected chi connectivity index (χ0v) is 20.0. The smallest absolute Gasteiger partial charge is 0.211 e. The molecule has 8 heteroatoms. The van der Waals surface area contributed by atoms with Gasteiger partial charge in [-0.2, -0.15) is 20.0 Å².